The number of hydrogen-bond acceptors (Lipinski definition) is 10. The quantitative estimate of drug-likeness (QED) is 0.120. The van der Waals surface area contributed by atoms with Crippen LogP contribution >= 0.6 is 0 Å². The van der Waals surface area contributed by atoms with Crippen LogP contribution in [-0.4, -0.2) is 87.2 Å². The molecule has 15 nitrogen and oxygen atoms in total. The number of imidazole rings is 1. The summed E-state index contributed by atoms with van der Waals surface area (Å²) >= 11 is 0. The summed E-state index contributed by atoms with van der Waals surface area (Å²) in [6.45, 7) is 3.30. The Kier molecular flexibility index (Phi) is 10.8. The Hall–Kier alpha value is -6.29. The summed E-state index contributed by atoms with van der Waals surface area (Å²) in [5.41, 5.74) is 5.38. The van der Waals surface area contributed by atoms with Crippen LogP contribution in [0.5, 0.6) is 0 Å². The number of nitrogens with one attached hydrogen (secondary N) is 2. The number of sulfone groups is 1. The molecule has 0 bridgehead atoms. The number of carbonyl (C=O) groups is 3. The second-order valence-electron chi connectivity index (χ2n) is 14.9. The molecule has 2 saturated heterocycles. The first kappa shape index (κ1) is 38.6. The first-order chi connectivity index (χ1) is 28.0. The molecule has 0 aliphatic carbocycles. The molecular formula is C42H45N9O6S. The van der Waals surface area contributed by atoms with Gasteiger partial charge in [0.05, 0.1) is 21.6 Å². The van der Waals surface area contributed by atoms with Crippen molar-refractivity contribution in [2.24, 2.45) is 0 Å². The molecule has 2 fully saturated rings. The van der Waals surface area contributed by atoms with Crippen molar-refractivity contribution in [3.63, 3.8) is 0 Å². The minimum Gasteiger partial charge on any atom is -0.368 e. The number of para-hydroxylation sites is 2. The molecule has 1 atom stereocenters. The Balaban J connectivity index is 0.786. The molecule has 3 aromatic heterocycles. The summed E-state index contributed by atoms with van der Waals surface area (Å²) in [5, 5.41) is 10.3. The molecule has 58 heavy (non-hydrogen) atoms. The lowest BCUT2D eigenvalue weighted by atomic mass is 10.1. The highest BCUT2D eigenvalue weighted by atomic mass is 32.2. The second-order valence-corrected chi connectivity index (χ2v) is 16.9. The van der Waals surface area contributed by atoms with E-state index in [0.717, 1.165) is 66.9 Å². The number of rotatable bonds is 13. The maximum Gasteiger partial charge on any atom is 0.329 e. The highest BCUT2D eigenvalue weighted by molar-refractivity contribution is 7.90. The lowest BCUT2D eigenvalue weighted by Gasteiger charge is -2.36. The van der Waals surface area contributed by atoms with E-state index in [-0.39, 0.29) is 28.8 Å². The summed E-state index contributed by atoms with van der Waals surface area (Å²) in [4.78, 5) is 60.0. The summed E-state index contributed by atoms with van der Waals surface area (Å²) in [5.74, 6) is -0.153. The number of aryl methyl sites for hydroxylation is 1. The highest BCUT2D eigenvalue weighted by Gasteiger charge is 2.31. The number of anilines is 3. The Morgan fingerprint density at radius 2 is 1.55 bits per heavy atom. The monoisotopic (exact) mass is 803 g/mol. The third kappa shape index (κ3) is 8.09. The number of carbonyl (C=O) groups excluding carboxylic acids is 3. The van der Waals surface area contributed by atoms with Gasteiger partial charge >= 0.3 is 5.69 Å². The molecule has 0 radical (unpaired) electrons. The van der Waals surface area contributed by atoms with Gasteiger partial charge in [0.1, 0.15) is 6.04 Å². The van der Waals surface area contributed by atoms with E-state index >= 15 is 0 Å². The van der Waals surface area contributed by atoms with Crippen molar-refractivity contribution >= 4 is 61.6 Å². The number of piperazine rings is 1. The molecule has 0 saturated carbocycles. The molecule has 3 amide bonds. The molecule has 0 spiro atoms. The molecule has 5 heterocycles. The second kappa shape index (κ2) is 16.3. The van der Waals surface area contributed by atoms with Crippen LogP contribution in [0, 0.1) is 0 Å². The van der Waals surface area contributed by atoms with E-state index in [4.69, 9.17) is 0 Å². The Labute approximate surface area is 335 Å². The first-order valence-electron chi connectivity index (χ1n) is 19.6. The van der Waals surface area contributed by atoms with Gasteiger partial charge in [-0.05, 0) is 79.9 Å². The number of fused-ring (bicyclic) bond motifs is 2. The van der Waals surface area contributed by atoms with E-state index in [9.17, 15) is 27.6 Å². The summed E-state index contributed by atoms with van der Waals surface area (Å²) in [6, 6.07) is 27.2. The van der Waals surface area contributed by atoms with Crippen LogP contribution in [0.2, 0.25) is 0 Å². The van der Waals surface area contributed by atoms with Crippen LogP contribution < -0.4 is 21.2 Å². The number of aromatic nitrogens is 5. The molecule has 300 valence electrons. The molecule has 2 aliphatic rings. The number of imide groups is 1. The number of hydrogen-bond donors (Lipinski definition) is 2. The fraction of sp³-hybridized carbons (Fsp3) is 0.333. The van der Waals surface area contributed by atoms with Crippen molar-refractivity contribution in [3.05, 3.63) is 101 Å². The van der Waals surface area contributed by atoms with Crippen LogP contribution in [0.25, 0.3) is 27.9 Å². The third-order valence-electron chi connectivity index (χ3n) is 11.0. The smallest absolute Gasteiger partial charge is 0.329 e. The maximum atomic E-state index is 13.5. The van der Waals surface area contributed by atoms with E-state index in [1.54, 1.807) is 33.3 Å². The first-order valence-corrected chi connectivity index (χ1v) is 21.5. The van der Waals surface area contributed by atoms with Crippen molar-refractivity contribution in [3.8, 4) is 11.3 Å². The van der Waals surface area contributed by atoms with Crippen LogP contribution in [0.4, 0.5) is 17.3 Å². The van der Waals surface area contributed by atoms with Gasteiger partial charge in [-0.25, -0.2) is 17.7 Å². The van der Waals surface area contributed by atoms with E-state index in [0.29, 0.717) is 49.6 Å². The van der Waals surface area contributed by atoms with Gasteiger partial charge in [-0.2, -0.15) is 4.98 Å². The summed E-state index contributed by atoms with van der Waals surface area (Å²) in [7, 11) is -3.29. The van der Waals surface area contributed by atoms with Gasteiger partial charge in [0.25, 0.3) is 0 Å². The standard InChI is InChI=1S/C42H45N9O6S/c1-58(56,57)32-20-14-29(15-21-32)33-11-8-12-37-44-41(46-51(33)37)43-30-16-18-31(19-17-30)47-25-27-48(28-26-47)39(53)13-4-2-3-7-24-49-34-9-5-6-10-35(34)50(42(49)55)36-22-23-38(52)45-40(36)54/h5-6,8-12,14-21,36H,2-4,7,13,22-28H2,1H3,(H,43,46)(H,45,52,54). The fourth-order valence-corrected chi connectivity index (χ4v) is 8.51. The minimum absolute atomic E-state index is 0.164. The minimum atomic E-state index is -3.29. The molecule has 2 aliphatic heterocycles. The van der Waals surface area contributed by atoms with Crippen LogP contribution in [0.1, 0.15) is 51.0 Å². The molecular weight excluding hydrogens is 759 g/mol. The number of amides is 3. The average Bonchev–Trinajstić information content (AvgIpc) is 3.76. The van der Waals surface area contributed by atoms with Crippen molar-refractivity contribution in [1.29, 1.82) is 0 Å². The topological polar surface area (TPSA) is 173 Å². The number of unbranched alkanes of at least 4 members (excludes halogenated alkanes) is 3. The molecule has 8 rings (SSSR count). The largest absolute Gasteiger partial charge is 0.368 e. The predicted octanol–water partition coefficient (Wildman–Crippen LogP) is 4.94. The Morgan fingerprint density at radius 1 is 0.828 bits per heavy atom. The van der Waals surface area contributed by atoms with Crippen LogP contribution in [0.15, 0.2) is 101 Å². The van der Waals surface area contributed by atoms with Crippen molar-refractivity contribution in [1.82, 2.24) is 33.9 Å². The van der Waals surface area contributed by atoms with E-state index in [1.807, 2.05) is 71.6 Å². The van der Waals surface area contributed by atoms with Crippen molar-refractivity contribution < 1.29 is 22.8 Å². The van der Waals surface area contributed by atoms with E-state index < -0.39 is 21.8 Å². The zero-order chi connectivity index (χ0) is 40.4. The van der Waals surface area contributed by atoms with Gasteiger partial charge in [-0.3, -0.25) is 28.8 Å². The Bertz CT molecular complexity index is 2660. The van der Waals surface area contributed by atoms with Gasteiger partial charge in [-0.1, -0.05) is 43.2 Å². The third-order valence-corrected chi connectivity index (χ3v) is 12.1. The zero-order valence-electron chi connectivity index (χ0n) is 32.2. The zero-order valence-corrected chi connectivity index (χ0v) is 33.0. The van der Waals surface area contributed by atoms with E-state index in [1.165, 1.54) is 10.8 Å². The normalized spacial score (nSPS) is 16.3. The van der Waals surface area contributed by atoms with Crippen LogP contribution in [0.3, 0.4) is 0 Å². The average molecular weight is 804 g/mol. The SMILES string of the molecule is CS(=O)(=O)c1ccc(-c2cccc3nc(Nc4ccc(N5CCN(C(=O)CCCCCCn6c(=O)n(C7CCC(=O)NC7=O)c7ccccc76)CC5)cc4)nn23)cc1. The van der Waals surface area contributed by atoms with Gasteiger partial charge in [-0.15, -0.1) is 5.10 Å². The lowest BCUT2D eigenvalue weighted by molar-refractivity contribution is -0.136. The molecule has 2 N–H and O–H groups in total. The summed E-state index contributed by atoms with van der Waals surface area (Å²) in [6.07, 6.45) is 5.47. The fourth-order valence-electron chi connectivity index (χ4n) is 7.88. The van der Waals surface area contributed by atoms with Crippen LogP contribution in [-0.2, 0) is 30.8 Å². The van der Waals surface area contributed by atoms with Gasteiger partial charge in [0.15, 0.2) is 15.5 Å². The van der Waals surface area contributed by atoms with Crippen molar-refractivity contribution in [2.45, 2.75) is 62.4 Å². The van der Waals surface area contributed by atoms with Gasteiger partial charge in [0, 0.05) is 68.8 Å². The number of pyridine rings is 1. The predicted molar refractivity (Wildman–Crippen MR) is 221 cm³/mol. The molecule has 3 aromatic carbocycles. The van der Waals surface area contributed by atoms with E-state index in [2.05, 4.69) is 25.6 Å². The van der Waals surface area contributed by atoms with Crippen molar-refractivity contribution in [2.75, 3.05) is 42.7 Å². The lowest BCUT2D eigenvalue weighted by Crippen LogP contribution is -2.48. The number of nitrogens with zero attached hydrogens (tertiary/aromatic N) is 7. The highest BCUT2D eigenvalue weighted by Crippen LogP contribution is 2.26. The van der Waals surface area contributed by atoms with Gasteiger partial charge in [0.2, 0.25) is 23.7 Å². The number of piperidine rings is 1. The summed E-state index contributed by atoms with van der Waals surface area (Å²) < 4.78 is 28.8. The maximum absolute atomic E-state index is 13.5. The molecule has 6 aromatic rings. The number of benzene rings is 3. The molecule has 1 unspecified atom stereocenters. The molecule has 16 heteroatoms. The Morgan fingerprint density at radius 3 is 2.28 bits per heavy atom. The van der Waals surface area contributed by atoms with Gasteiger partial charge < -0.3 is 15.1 Å².